The normalized spacial score (nSPS) is 11.4. The summed E-state index contributed by atoms with van der Waals surface area (Å²) in [6.07, 6.45) is 5.09. The number of nitrogens with one attached hydrogen (secondary N) is 2. The number of anilines is 1. The van der Waals surface area contributed by atoms with Crippen molar-refractivity contribution in [3.63, 3.8) is 0 Å². The van der Waals surface area contributed by atoms with Gasteiger partial charge in [-0.05, 0) is 38.0 Å². The summed E-state index contributed by atoms with van der Waals surface area (Å²) in [5.74, 6) is 2.28. The van der Waals surface area contributed by atoms with Crippen molar-refractivity contribution in [3.8, 4) is 12.3 Å². The number of amides is 1. The van der Waals surface area contributed by atoms with Gasteiger partial charge < -0.3 is 10.6 Å². The number of aryl methyl sites for hydroxylation is 2. The first-order chi connectivity index (χ1) is 8.04. The van der Waals surface area contributed by atoms with Gasteiger partial charge in [0.25, 0.3) is 0 Å². The first kappa shape index (κ1) is 13.1. The van der Waals surface area contributed by atoms with Gasteiger partial charge in [0.1, 0.15) is 6.04 Å². The third kappa shape index (κ3) is 3.84. The summed E-state index contributed by atoms with van der Waals surface area (Å²) in [4.78, 5) is 11.6. The van der Waals surface area contributed by atoms with E-state index in [4.69, 9.17) is 6.42 Å². The highest BCUT2D eigenvalue weighted by Crippen LogP contribution is 2.17. The zero-order valence-corrected chi connectivity index (χ0v) is 10.5. The minimum absolute atomic E-state index is 0.0937. The molecule has 3 heteroatoms. The fraction of sp³-hybridized carbons (Fsp3) is 0.357. The van der Waals surface area contributed by atoms with Gasteiger partial charge in [0.15, 0.2) is 0 Å². The third-order valence-electron chi connectivity index (χ3n) is 2.52. The van der Waals surface area contributed by atoms with Crippen LogP contribution in [0.5, 0.6) is 0 Å². The Kier molecular flexibility index (Phi) is 4.59. The van der Waals surface area contributed by atoms with Crippen LogP contribution in [0, 0.1) is 26.2 Å². The molecule has 1 aromatic rings. The lowest BCUT2D eigenvalue weighted by molar-refractivity contribution is -0.121. The van der Waals surface area contributed by atoms with E-state index in [1.807, 2.05) is 39.0 Å². The smallest absolute Gasteiger partial charge is 0.242 e. The van der Waals surface area contributed by atoms with Gasteiger partial charge >= 0.3 is 0 Å². The van der Waals surface area contributed by atoms with E-state index >= 15 is 0 Å². The second-order valence-corrected chi connectivity index (χ2v) is 4.11. The number of carbonyl (C=O) groups excluding carboxylic acids is 1. The molecule has 0 aliphatic carbocycles. The highest BCUT2D eigenvalue weighted by Gasteiger charge is 2.12. The molecule has 0 radical (unpaired) electrons. The Hall–Kier alpha value is -1.95. The Morgan fingerprint density at radius 2 is 2.18 bits per heavy atom. The molecule has 0 saturated heterocycles. The monoisotopic (exact) mass is 230 g/mol. The first-order valence-electron chi connectivity index (χ1n) is 5.59. The minimum atomic E-state index is -0.302. The summed E-state index contributed by atoms with van der Waals surface area (Å²) in [6, 6.07) is 5.80. The van der Waals surface area contributed by atoms with Crippen LogP contribution in [0.4, 0.5) is 5.69 Å². The van der Waals surface area contributed by atoms with Crippen LogP contribution in [-0.2, 0) is 4.79 Å². The summed E-state index contributed by atoms with van der Waals surface area (Å²) in [6.45, 7) is 6.10. The SMILES string of the molecule is C#CCNC(=O)C(C)Nc1cc(C)ccc1C. The lowest BCUT2D eigenvalue weighted by atomic mass is 10.1. The van der Waals surface area contributed by atoms with Crippen molar-refractivity contribution in [1.29, 1.82) is 0 Å². The Morgan fingerprint density at radius 1 is 1.47 bits per heavy atom. The molecule has 3 nitrogen and oxygen atoms in total. The van der Waals surface area contributed by atoms with E-state index < -0.39 is 0 Å². The topological polar surface area (TPSA) is 41.1 Å². The zero-order valence-electron chi connectivity index (χ0n) is 10.5. The molecule has 0 aliphatic rings. The predicted octanol–water partition coefficient (Wildman–Crippen LogP) is 1.85. The molecule has 0 aliphatic heterocycles. The fourth-order valence-electron chi connectivity index (χ4n) is 1.48. The molecule has 1 aromatic carbocycles. The molecule has 0 heterocycles. The Morgan fingerprint density at radius 3 is 2.82 bits per heavy atom. The Labute approximate surface area is 103 Å². The first-order valence-corrected chi connectivity index (χ1v) is 5.59. The molecule has 0 saturated carbocycles. The molecule has 1 atom stereocenters. The van der Waals surface area contributed by atoms with Gasteiger partial charge in [0.2, 0.25) is 5.91 Å². The second kappa shape index (κ2) is 5.95. The van der Waals surface area contributed by atoms with E-state index in [1.54, 1.807) is 0 Å². The second-order valence-electron chi connectivity index (χ2n) is 4.11. The molecule has 1 unspecified atom stereocenters. The van der Waals surface area contributed by atoms with Gasteiger partial charge in [-0.1, -0.05) is 18.1 Å². The van der Waals surface area contributed by atoms with Gasteiger partial charge in [-0.2, -0.15) is 0 Å². The van der Waals surface area contributed by atoms with Crippen molar-refractivity contribution in [2.75, 3.05) is 11.9 Å². The molecule has 90 valence electrons. The minimum Gasteiger partial charge on any atom is -0.374 e. The predicted molar refractivity (Wildman–Crippen MR) is 70.8 cm³/mol. The summed E-state index contributed by atoms with van der Waals surface area (Å²) in [5.41, 5.74) is 3.26. The fourth-order valence-corrected chi connectivity index (χ4v) is 1.48. The van der Waals surface area contributed by atoms with Crippen LogP contribution in [0.15, 0.2) is 18.2 Å². The molecule has 17 heavy (non-hydrogen) atoms. The summed E-state index contributed by atoms with van der Waals surface area (Å²) >= 11 is 0. The molecule has 1 amide bonds. The standard InChI is InChI=1S/C14H18N2O/c1-5-8-15-14(17)12(4)16-13-9-10(2)6-7-11(13)3/h1,6-7,9,12,16H,8H2,2-4H3,(H,15,17). The van der Waals surface area contributed by atoms with Crippen molar-refractivity contribution < 1.29 is 4.79 Å². The maximum Gasteiger partial charge on any atom is 0.242 e. The highest BCUT2D eigenvalue weighted by molar-refractivity contribution is 5.84. The number of terminal acetylenes is 1. The number of hydrogen-bond acceptors (Lipinski definition) is 2. The quantitative estimate of drug-likeness (QED) is 0.775. The van der Waals surface area contributed by atoms with E-state index in [0.29, 0.717) is 0 Å². The van der Waals surface area contributed by atoms with Crippen LogP contribution in [0.25, 0.3) is 0 Å². The van der Waals surface area contributed by atoms with Gasteiger partial charge in [0.05, 0.1) is 6.54 Å². The molecule has 0 fully saturated rings. The van der Waals surface area contributed by atoms with Crippen molar-refractivity contribution in [3.05, 3.63) is 29.3 Å². The van der Waals surface area contributed by atoms with Crippen LogP contribution < -0.4 is 10.6 Å². The summed E-state index contributed by atoms with van der Waals surface area (Å²) in [5, 5.41) is 5.83. The lowest BCUT2D eigenvalue weighted by Gasteiger charge is -2.16. The van der Waals surface area contributed by atoms with E-state index in [-0.39, 0.29) is 18.5 Å². The maximum absolute atomic E-state index is 11.6. The molecule has 0 bridgehead atoms. The Balaban J connectivity index is 2.67. The highest BCUT2D eigenvalue weighted by atomic mass is 16.2. The molecule has 0 spiro atoms. The van der Waals surface area contributed by atoms with Gasteiger partial charge in [-0.3, -0.25) is 4.79 Å². The number of hydrogen-bond donors (Lipinski definition) is 2. The van der Waals surface area contributed by atoms with Crippen molar-refractivity contribution in [2.24, 2.45) is 0 Å². The average molecular weight is 230 g/mol. The van der Waals surface area contributed by atoms with Crippen molar-refractivity contribution in [1.82, 2.24) is 5.32 Å². The van der Waals surface area contributed by atoms with E-state index in [2.05, 4.69) is 16.6 Å². The molecule has 0 aromatic heterocycles. The molecular weight excluding hydrogens is 212 g/mol. The van der Waals surface area contributed by atoms with Gasteiger partial charge in [-0.25, -0.2) is 0 Å². The summed E-state index contributed by atoms with van der Waals surface area (Å²) < 4.78 is 0. The van der Waals surface area contributed by atoms with Crippen molar-refractivity contribution >= 4 is 11.6 Å². The van der Waals surface area contributed by atoms with Crippen LogP contribution in [0.3, 0.4) is 0 Å². The summed E-state index contributed by atoms with van der Waals surface area (Å²) in [7, 11) is 0. The average Bonchev–Trinajstić information content (AvgIpc) is 2.30. The number of benzene rings is 1. The van der Waals surface area contributed by atoms with Gasteiger partial charge in [-0.15, -0.1) is 6.42 Å². The van der Waals surface area contributed by atoms with E-state index in [0.717, 1.165) is 16.8 Å². The largest absolute Gasteiger partial charge is 0.374 e. The van der Waals surface area contributed by atoms with Crippen molar-refractivity contribution in [2.45, 2.75) is 26.8 Å². The lowest BCUT2D eigenvalue weighted by Crippen LogP contribution is -2.37. The van der Waals surface area contributed by atoms with E-state index in [1.165, 1.54) is 0 Å². The van der Waals surface area contributed by atoms with Crippen LogP contribution in [0.2, 0.25) is 0 Å². The van der Waals surface area contributed by atoms with Crippen LogP contribution in [-0.4, -0.2) is 18.5 Å². The molecule has 2 N–H and O–H groups in total. The zero-order chi connectivity index (χ0) is 12.8. The number of rotatable bonds is 4. The molecular formula is C14H18N2O. The van der Waals surface area contributed by atoms with Crippen LogP contribution in [0.1, 0.15) is 18.1 Å². The molecule has 1 rings (SSSR count). The van der Waals surface area contributed by atoms with Gasteiger partial charge in [0, 0.05) is 5.69 Å². The number of carbonyl (C=O) groups is 1. The maximum atomic E-state index is 11.6. The third-order valence-corrected chi connectivity index (χ3v) is 2.52. The van der Waals surface area contributed by atoms with Crippen LogP contribution >= 0.6 is 0 Å². The Bertz CT molecular complexity index is 446. The van der Waals surface area contributed by atoms with E-state index in [9.17, 15) is 4.79 Å².